The van der Waals surface area contributed by atoms with Crippen LogP contribution in [0.25, 0.3) is 0 Å². The van der Waals surface area contributed by atoms with Crippen LogP contribution in [0.5, 0.6) is 0 Å². The normalized spacial score (nSPS) is 22.9. The van der Waals surface area contributed by atoms with Crippen molar-refractivity contribution in [1.29, 1.82) is 0 Å². The van der Waals surface area contributed by atoms with Gasteiger partial charge in [0, 0.05) is 37.9 Å². The van der Waals surface area contributed by atoms with Crippen molar-refractivity contribution in [3.8, 4) is 0 Å². The van der Waals surface area contributed by atoms with E-state index in [1.54, 1.807) is 0 Å². The lowest BCUT2D eigenvalue weighted by molar-refractivity contribution is -0.136. The lowest BCUT2D eigenvalue weighted by Crippen LogP contribution is -2.45. The second-order valence-corrected chi connectivity index (χ2v) is 8.14. The summed E-state index contributed by atoms with van der Waals surface area (Å²) in [5.74, 6) is 0.139. The number of aromatic nitrogens is 2. The summed E-state index contributed by atoms with van der Waals surface area (Å²) in [5.41, 5.74) is 3.39. The number of likely N-dealkylation sites (tertiary alicyclic amines) is 1. The second kappa shape index (κ2) is 7.66. The molecule has 1 spiro atoms. The van der Waals surface area contributed by atoms with Gasteiger partial charge in [-0.25, -0.2) is 0 Å². The van der Waals surface area contributed by atoms with Gasteiger partial charge in [0.1, 0.15) is 0 Å². The summed E-state index contributed by atoms with van der Waals surface area (Å²) in [4.78, 5) is 17.4. The Hall–Kier alpha value is -1.44. The van der Waals surface area contributed by atoms with Crippen LogP contribution in [0.2, 0.25) is 0 Å². The van der Waals surface area contributed by atoms with Crippen LogP contribution in [-0.4, -0.2) is 76.5 Å². The van der Waals surface area contributed by atoms with Gasteiger partial charge in [-0.1, -0.05) is 0 Å². The monoisotopic (exact) mass is 363 g/mol. The third-order valence-corrected chi connectivity index (χ3v) is 6.38. The van der Waals surface area contributed by atoms with Gasteiger partial charge in [-0.2, -0.15) is 5.10 Å². The Morgan fingerprint density at radius 3 is 2.62 bits per heavy atom. The molecule has 1 atom stereocenters. The number of aliphatic hydroxyl groups excluding tert-OH is 1. The molecule has 0 saturated carbocycles. The molecule has 0 aromatic carbocycles. The Morgan fingerprint density at radius 2 is 2.04 bits per heavy atom. The van der Waals surface area contributed by atoms with E-state index in [-0.39, 0.29) is 24.0 Å². The van der Waals surface area contributed by atoms with Gasteiger partial charge < -0.3 is 15.3 Å². The average molecular weight is 364 g/mol. The molecule has 2 aliphatic heterocycles. The molecule has 0 aliphatic carbocycles. The molecular formula is C19H33N5O2. The van der Waals surface area contributed by atoms with Crippen molar-refractivity contribution in [1.82, 2.24) is 24.9 Å². The lowest BCUT2D eigenvalue weighted by atomic mass is 9.77. The van der Waals surface area contributed by atoms with E-state index < -0.39 is 0 Å². The molecule has 7 heteroatoms. The van der Waals surface area contributed by atoms with E-state index in [2.05, 4.69) is 22.4 Å². The molecule has 2 saturated heterocycles. The number of hydrogen-bond donors (Lipinski definition) is 2. The standard InChI is InChI=1S/C19H33N5O2/c1-14-16(15(2)23(4)21-14)12-24(9-10-25)18(26)17-11-19(13-22(17)3)5-7-20-8-6-19/h17,20,25H,5-13H2,1-4H3. The fraction of sp³-hybridized carbons (Fsp3) is 0.789. The summed E-state index contributed by atoms with van der Waals surface area (Å²) in [6.45, 7) is 7.96. The molecule has 26 heavy (non-hydrogen) atoms. The van der Waals surface area contributed by atoms with Crippen molar-refractivity contribution < 1.29 is 9.90 Å². The summed E-state index contributed by atoms with van der Waals surface area (Å²) in [6, 6.07) is -0.0862. The van der Waals surface area contributed by atoms with E-state index >= 15 is 0 Å². The van der Waals surface area contributed by atoms with Crippen LogP contribution in [0.15, 0.2) is 0 Å². The molecule has 2 aliphatic rings. The topological polar surface area (TPSA) is 73.6 Å². The zero-order chi connectivity index (χ0) is 18.9. The Morgan fingerprint density at radius 1 is 1.35 bits per heavy atom. The van der Waals surface area contributed by atoms with Crippen LogP contribution in [0.4, 0.5) is 0 Å². The Kier molecular flexibility index (Phi) is 5.69. The zero-order valence-electron chi connectivity index (χ0n) is 16.6. The van der Waals surface area contributed by atoms with Gasteiger partial charge in [-0.15, -0.1) is 0 Å². The Balaban J connectivity index is 1.76. The minimum atomic E-state index is -0.0862. The molecule has 2 N–H and O–H groups in total. The summed E-state index contributed by atoms with van der Waals surface area (Å²) < 4.78 is 1.86. The van der Waals surface area contributed by atoms with Crippen molar-refractivity contribution in [3.63, 3.8) is 0 Å². The molecule has 0 radical (unpaired) electrons. The molecule has 1 aromatic rings. The van der Waals surface area contributed by atoms with Gasteiger partial charge >= 0.3 is 0 Å². The quantitative estimate of drug-likeness (QED) is 0.794. The van der Waals surface area contributed by atoms with Crippen LogP contribution in [0.3, 0.4) is 0 Å². The smallest absolute Gasteiger partial charge is 0.240 e. The van der Waals surface area contributed by atoms with E-state index in [0.717, 1.165) is 55.8 Å². The third-order valence-electron chi connectivity index (χ3n) is 6.38. The largest absolute Gasteiger partial charge is 0.395 e. The van der Waals surface area contributed by atoms with Gasteiger partial charge in [-0.05, 0) is 58.7 Å². The molecule has 7 nitrogen and oxygen atoms in total. The first-order chi connectivity index (χ1) is 12.4. The van der Waals surface area contributed by atoms with Crippen molar-refractivity contribution in [2.45, 2.75) is 45.7 Å². The number of carbonyl (C=O) groups is 1. The number of carbonyl (C=O) groups excluding carboxylic acids is 1. The minimum absolute atomic E-state index is 0.0183. The predicted molar refractivity (Wildman–Crippen MR) is 101 cm³/mol. The van der Waals surface area contributed by atoms with Crippen molar-refractivity contribution in [3.05, 3.63) is 17.0 Å². The highest BCUT2D eigenvalue weighted by Gasteiger charge is 2.46. The number of nitrogens with zero attached hydrogens (tertiary/aromatic N) is 4. The SMILES string of the molecule is Cc1nn(C)c(C)c1CN(CCO)C(=O)C1CC2(CCNCC2)CN1C. The first-order valence-electron chi connectivity index (χ1n) is 9.66. The number of aryl methyl sites for hydroxylation is 2. The molecule has 1 aromatic heterocycles. The maximum absolute atomic E-state index is 13.3. The summed E-state index contributed by atoms with van der Waals surface area (Å²) in [5, 5.41) is 17.4. The van der Waals surface area contributed by atoms with Crippen molar-refractivity contribution >= 4 is 5.91 Å². The van der Waals surface area contributed by atoms with E-state index in [9.17, 15) is 9.90 Å². The van der Waals surface area contributed by atoms with Crippen LogP contribution >= 0.6 is 0 Å². The third kappa shape index (κ3) is 3.66. The number of nitrogens with one attached hydrogen (secondary N) is 1. The number of piperidine rings is 1. The fourth-order valence-corrected chi connectivity index (χ4v) is 4.70. The molecule has 3 rings (SSSR count). The van der Waals surface area contributed by atoms with Gasteiger partial charge in [-0.3, -0.25) is 14.4 Å². The van der Waals surface area contributed by atoms with Crippen LogP contribution < -0.4 is 5.32 Å². The second-order valence-electron chi connectivity index (χ2n) is 8.14. The number of amides is 1. The predicted octanol–water partition coefficient (Wildman–Crippen LogP) is 0.432. The minimum Gasteiger partial charge on any atom is -0.395 e. The number of rotatable bonds is 5. The van der Waals surface area contributed by atoms with E-state index in [4.69, 9.17) is 0 Å². The Bertz CT molecular complexity index is 651. The van der Waals surface area contributed by atoms with Crippen LogP contribution in [-0.2, 0) is 18.4 Å². The molecule has 1 unspecified atom stereocenters. The number of likely N-dealkylation sites (N-methyl/N-ethyl adjacent to an activating group) is 1. The Labute approximate surface area is 156 Å². The van der Waals surface area contributed by atoms with Crippen molar-refractivity contribution in [2.75, 3.05) is 39.8 Å². The van der Waals surface area contributed by atoms with Gasteiger partial charge in [0.2, 0.25) is 5.91 Å². The van der Waals surface area contributed by atoms with Crippen LogP contribution in [0, 0.1) is 19.3 Å². The van der Waals surface area contributed by atoms with Crippen molar-refractivity contribution in [2.24, 2.45) is 12.5 Å². The van der Waals surface area contributed by atoms with E-state index in [1.165, 1.54) is 0 Å². The highest BCUT2D eigenvalue weighted by molar-refractivity contribution is 5.82. The number of aliphatic hydroxyl groups is 1. The summed E-state index contributed by atoms with van der Waals surface area (Å²) >= 11 is 0. The van der Waals surface area contributed by atoms with E-state index in [1.807, 2.05) is 30.5 Å². The first kappa shape index (κ1) is 19.3. The molecular weight excluding hydrogens is 330 g/mol. The summed E-state index contributed by atoms with van der Waals surface area (Å²) in [7, 11) is 3.99. The molecule has 1 amide bonds. The maximum atomic E-state index is 13.3. The van der Waals surface area contributed by atoms with Gasteiger partial charge in [0.15, 0.2) is 0 Å². The maximum Gasteiger partial charge on any atom is 0.240 e. The van der Waals surface area contributed by atoms with Gasteiger partial charge in [0.25, 0.3) is 0 Å². The zero-order valence-corrected chi connectivity index (χ0v) is 16.6. The molecule has 0 bridgehead atoms. The van der Waals surface area contributed by atoms with E-state index in [0.29, 0.717) is 13.1 Å². The first-order valence-corrected chi connectivity index (χ1v) is 9.66. The molecule has 3 heterocycles. The highest BCUT2D eigenvalue weighted by atomic mass is 16.3. The van der Waals surface area contributed by atoms with Gasteiger partial charge in [0.05, 0.1) is 18.3 Å². The molecule has 146 valence electrons. The molecule has 2 fully saturated rings. The average Bonchev–Trinajstić information content (AvgIpc) is 3.05. The number of hydrogen-bond acceptors (Lipinski definition) is 5. The fourth-order valence-electron chi connectivity index (χ4n) is 4.70. The lowest BCUT2D eigenvalue weighted by Gasteiger charge is -2.33. The highest BCUT2D eigenvalue weighted by Crippen LogP contribution is 2.41. The summed E-state index contributed by atoms with van der Waals surface area (Å²) in [6.07, 6.45) is 3.21. The van der Waals surface area contributed by atoms with Crippen LogP contribution in [0.1, 0.15) is 36.2 Å².